The van der Waals surface area contributed by atoms with Crippen molar-refractivity contribution in [3.63, 3.8) is 0 Å². The van der Waals surface area contributed by atoms with E-state index >= 15 is 0 Å². The van der Waals surface area contributed by atoms with Crippen LogP contribution in [0.2, 0.25) is 0 Å². The summed E-state index contributed by atoms with van der Waals surface area (Å²) in [5.74, 6) is 0. The van der Waals surface area contributed by atoms with Crippen LogP contribution in [0.3, 0.4) is 0 Å². The van der Waals surface area contributed by atoms with E-state index in [2.05, 4.69) is 265 Å². The van der Waals surface area contributed by atoms with Gasteiger partial charge in [0, 0.05) is 0 Å². The topological polar surface area (TPSA) is 0 Å². The predicted octanol–water partition coefficient (Wildman–Crippen LogP) is 21.6. The number of benzene rings is 11. The molecular weight excluding hydrogens is 889 g/mol. The van der Waals surface area contributed by atoms with Gasteiger partial charge in [-0.3, -0.25) is 0 Å². The van der Waals surface area contributed by atoms with Crippen molar-refractivity contribution in [2.45, 2.75) is 105 Å². The second kappa shape index (κ2) is 16.0. The van der Waals surface area contributed by atoms with E-state index in [1.807, 2.05) is 0 Å². The van der Waals surface area contributed by atoms with E-state index < -0.39 is 0 Å². The van der Waals surface area contributed by atoms with Crippen molar-refractivity contribution < 1.29 is 0 Å². The quantitative estimate of drug-likeness (QED) is 0.154. The van der Waals surface area contributed by atoms with Crippen LogP contribution in [0.5, 0.6) is 0 Å². The largest absolute Gasteiger partial charge is 0.0622 e. The van der Waals surface area contributed by atoms with Crippen molar-refractivity contribution in [1.29, 1.82) is 0 Å². The second-order valence-corrected chi connectivity index (χ2v) is 25.7. The molecule has 0 N–H and O–H groups in total. The molecule has 13 aromatic rings. The average molecular weight is 955 g/mol. The third kappa shape index (κ3) is 7.01. The Hall–Kier alpha value is -7.54. The molecule has 0 nitrogen and oxygen atoms in total. The van der Waals surface area contributed by atoms with E-state index in [1.165, 1.54) is 153 Å². The molecule has 74 heavy (non-hydrogen) atoms. The number of hydrogen-bond donors (Lipinski definition) is 0. The summed E-state index contributed by atoms with van der Waals surface area (Å²) < 4.78 is 0. The van der Waals surface area contributed by atoms with Gasteiger partial charge in [0.05, 0.1) is 0 Å². The first-order valence-electron chi connectivity index (χ1n) is 26.9. The van der Waals surface area contributed by atoms with Crippen LogP contribution in [-0.2, 0) is 21.7 Å². The van der Waals surface area contributed by atoms with Crippen LogP contribution in [-0.4, -0.2) is 0 Å². The van der Waals surface area contributed by atoms with Crippen molar-refractivity contribution in [2.24, 2.45) is 0 Å². The molecule has 13 rings (SSSR count). The summed E-state index contributed by atoms with van der Waals surface area (Å²) in [6.45, 7) is 28.4. The van der Waals surface area contributed by atoms with E-state index in [0.29, 0.717) is 0 Å². The first kappa shape index (κ1) is 46.3. The first-order valence-corrected chi connectivity index (χ1v) is 26.9. The Bertz CT molecular complexity index is 4340. The molecule has 0 amide bonds. The van der Waals surface area contributed by atoms with Crippen LogP contribution in [0, 0.1) is 0 Å². The van der Waals surface area contributed by atoms with Crippen molar-refractivity contribution in [3.8, 4) is 44.5 Å². The molecule has 0 aliphatic heterocycles. The summed E-state index contributed by atoms with van der Waals surface area (Å²) in [5, 5.41) is 21.1. The summed E-state index contributed by atoms with van der Waals surface area (Å²) in [6, 6.07) is 70.6. The Labute approximate surface area is 437 Å². The van der Waals surface area contributed by atoms with Gasteiger partial charge < -0.3 is 0 Å². The van der Waals surface area contributed by atoms with Crippen LogP contribution in [0.25, 0.3) is 131 Å². The molecule has 0 heteroatoms. The highest BCUT2D eigenvalue weighted by Gasteiger charge is 2.30. The molecule has 0 spiro atoms. The molecule has 0 heterocycles. The smallest absolute Gasteiger partial charge is 0.000719 e. The minimum Gasteiger partial charge on any atom is -0.0622 e. The van der Waals surface area contributed by atoms with Crippen molar-refractivity contribution >= 4 is 86.2 Å². The molecule has 0 radical (unpaired) electrons. The number of fused-ring (bicyclic) bond motifs is 10. The van der Waals surface area contributed by atoms with E-state index in [4.69, 9.17) is 0 Å². The van der Waals surface area contributed by atoms with Gasteiger partial charge >= 0.3 is 0 Å². The Morgan fingerprint density at radius 3 is 0.905 bits per heavy atom. The fraction of sp³-hybridized carbons (Fsp3) is 0.216. The summed E-state index contributed by atoms with van der Waals surface area (Å²) in [6.07, 6.45) is 0. The zero-order chi connectivity index (χ0) is 51.4. The summed E-state index contributed by atoms with van der Waals surface area (Å²) in [4.78, 5) is 0. The van der Waals surface area contributed by atoms with Gasteiger partial charge in [0.2, 0.25) is 0 Å². The number of rotatable bonds is 4. The third-order valence-electron chi connectivity index (χ3n) is 16.7. The monoisotopic (exact) mass is 955 g/mol. The molecule has 0 saturated carbocycles. The minimum absolute atomic E-state index is 0.0458. The lowest BCUT2D eigenvalue weighted by Gasteiger charge is -2.28. The first-order chi connectivity index (χ1) is 35.3. The van der Waals surface area contributed by atoms with Crippen LogP contribution < -0.4 is 0 Å². The van der Waals surface area contributed by atoms with E-state index in [9.17, 15) is 0 Å². The summed E-state index contributed by atoms with van der Waals surface area (Å²) >= 11 is 0. The lowest BCUT2D eigenvalue weighted by atomic mass is 9.76. The predicted molar refractivity (Wildman–Crippen MR) is 325 cm³/mol. The Balaban J connectivity index is 1.27. The SMILES string of the molecule is CC(C)(C)c1cc(-c2c3ccccc3c(-c3cc(C(C)(C)C)cc(C(C)(C)C)c3)c3c4cc5c(cc6c7c(-c8ccccc8)ccc(-c8ccccc8)c7c7cccc5c76)c5cccc(c23)c54)cc(C(C)(C)C)c1. The van der Waals surface area contributed by atoms with Crippen LogP contribution >= 0.6 is 0 Å². The van der Waals surface area contributed by atoms with Gasteiger partial charge in [0.25, 0.3) is 0 Å². The Morgan fingerprint density at radius 1 is 0.203 bits per heavy atom. The lowest BCUT2D eigenvalue weighted by Crippen LogP contribution is -2.16. The highest BCUT2D eigenvalue weighted by Crippen LogP contribution is 2.56. The van der Waals surface area contributed by atoms with E-state index in [-0.39, 0.29) is 21.7 Å². The second-order valence-electron chi connectivity index (χ2n) is 25.7. The molecule has 0 aliphatic rings. The van der Waals surface area contributed by atoms with Gasteiger partial charge in [-0.2, -0.15) is 0 Å². The maximum absolute atomic E-state index is 2.61. The third-order valence-corrected chi connectivity index (χ3v) is 16.7. The van der Waals surface area contributed by atoms with Crippen molar-refractivity contribution in [3.05, 3.63) is 204 Å². The molecule has 362 valence electrons. The van der Waals surface area contributed by atoms with Crippen LogP contribution in [0.15, 0.2) is 182 Å². The molecule has 0 bridgehead atoms. The average Bonchev–Trinajstić information content (AvgIpc) is 3.89. The molecule has 0 fully saturated rings. The standard InChI is InChI=1S/C74H66/c1-71(2,3)47-35-45(36-48(39-47)72(4,5)6)63-53-27-19-20-28-54(53)64(46-37-49(73(7,8)9)40-50(38-46)74(10,11)12)70-62-42-60-55-29-21-31-57-65(55)61(41-59(60)56-30-22-32-58(66(56)62)69(63)70)68-52(44-25-17-14-18-26-44)34-33-51(67(57)68)43-23-15-13-16-24-43/h13-42H,1-12H3. The highest BCUT2D eigenvalue weighted by atomic mass is 14.3. The molecule has 0 aliphatic carbocycles. The van der Waals surface area contributed by atoms with Gasteiger partial charge in [-0.25, -0.2) is 0 Å². The number of hydrogen-bond acceptors (Lipinski definition) is 0. The molecule has 13 aromatic carbocycles. The van der Waals surface area contributed by atoms with Crippen molar-refractivity contribution in [1.82, 2.24) is 0 Å². The maximum atomic E-state index is 2.61. The molecule has 0 unspecified atom stereocenters. The van der Waals surface area contributed by atoms with Gasteiger partial charge in [-0.1, -0.05) is 253 Å². The van der Waals surface area contributed by atoms with Gasteiger partial charge in [0.15, 0.2) is 0 Å². The van der Waals surface area contributed by atoms with Crippen LogP contribution in [0.1, 0.15) is 105 Å². The van der Waals surface area contributed by atoms with E-state index in [1.54, 1.807) is 0 Å². The maximum Gasteiger partial charge on any atom is -0.000719 e. The zero-order valence-electron chi connectivity index (χ0n) is 45.3. The fourth-order valence-electron chi connectivity index (χ4n) is 12.7. The highest BCUT2D eigenvalue weighted by molar-refractivity contribution is 6.46. The van der Waals surface area contributed by atoms with Crippen LogP contribution in [0.4, 0.5) is 0 Å². The molecule has 0 atom stereocenters. The summed E-state index contributed by atoms with van der Waals surface area (Å²) in [7, 11) is 0. The summed E-state index contributed by atoms with van der Waals surface area (Å²) in [5.41, 5.74) is 15.5. The molecule has 0 aromatic heterocycles. The lowest BCUT2D eigenvalue weighted by molar-refractivity contribution is 0.568. The van der Waals surface area contributed by atoms with Crippen molar-refractivity contribution in [2.75, 3.05) is 0 Å². The zero-order valence-corrected chi connectivity index (χ0v) is 45.3. The fourth-order valence-corrected chi connectivity index (χ4v) is 12.7. The van der Waals surface area contributed by atoms with Gasteiger partial charge in [-0.05, 0) is 187 Å². The molecule has 0 saturated heterocycles. The Kier molecular flexibility index (Phi) is 9.99. The van der Waals surface area contributed by atoms with Gasteiger partial charge in [0.1, 0.15) is 0 Å². The van der Waals surface area contributed by atoms with Gasteiger partial charge in [-0.15, -0.1) is 0 Å². The normalized spacial score (nSPS) is 13.1. The van der Waals surface area contributed by atoms with E-state index in [0.717, 1.165) is 0 Å². The molecular formula is C74H66. The Morgan fingerprint density at radius 2 is 0.514 bits per heavy atom. The minimum atomic E-state index is -0.0518.